The van der Waals surface area contributed by atoms with Crippen LogP contribution in [0.3, 0.4) is 0 Å². The normalized spacial score (nSPS) is 9.94. The van der Waals surface area contributed by atoms with Crippen LogP contribution in [0.4, 0.5) is 5.82 Å². The molecule has 17 heavy (non-hydrogen) atoms. The standard InChI is InChI=1S/C12H11N3O2/c1-8-2-5-11(13-6-8)15-12(17)10-4-3-9(7-16)14-10/h2-7,14H,1H3,(H,13,15,17). The summed E-state index contributed by atoms with van der Waals surface area (Å²) in [5.41, 5.74) is 1.72. The van der Waals surface area contributed by atoms with Crippen molar-refractivity contribution >= 4 is 18.0 Å². The van der Waals surface area contributed by atoms with Crippen LogP contribution >= 0.6 is 0 Å². The zero-order chi connectivity index (χ0) is 12.3. The third-order valence-electron chi connectivity index (χ3n) is 2.23. The fourth-order valence-corrected chi connectivity index (χ4v) is 1.34. The molecule has 2 N–H and O–H groups in total. The second-order valence-corrected chi connectivity index (χ2v) is 3.62. The van der Waals surface area contributed by atoms with Crippen molar-refractivity contribution in [3.63, 3.8) is 0 Å². The van der Waals surface area contributed by atoms with E-state index in [-0.39, 0.29) is 5.91 Å². The topological polar surface area (TPSA) is 74.8 Å². The first-order valence-electron chi connectivity index (χ1n) is 5.07. The van der Waals surface area contributed by atoms with E-state index in [1.807, 2.05) is 13.0 Å². The molecule has 2 aromatic heterocycles. The smallest absolute Gasteiger partial charge is 0.273 e. The Hall–Kier alpha value is -2.43. The van der Waals surface area contributed by atoms with E-state index >= 15 is 0 Å². The molecule has 2 heterocycles. The fourth-order valence-electron chi connectivity index (χ4n) is 1.34. The number of aromatic amines is 1. The molecule has 0 spiro atoms. The van der Waals surface area contributed by atoms with E-state index in [9.17, 15) is 9.59 Å². The van der Waals surface area contributed by atoms with E-state index in [2.05, 4.69) is 15.3 Å². The Labute approximate surface area is 97.9 Å². The van der Waals surface area contributed by atoms with Crippen LogP contribution < -0.4 is 5.32 Å². The maximum absolute atomic E-state index is 11.7. The molecule has 0 fully saturated rings. The van der Waals surface area contributed by atoms with Gasteiger partial charge in [0.25, 0.3) is 5.91 Å². The number of hydrogen-bond donors (Lipinski definition) is 2. The van der Waals surface area contributed by atoms with Gasteiger partial charge in [0.05, 0.1) is 5.69 Å². The van der Waals surface area contributed by atoms with Gasteiger partial charge < -0.3 is 10.3 Å². The van der Waals surface area contributed by atoms with Crippen LogP contribution in [0.15, 0.2) is 30.5 Å². The molecule has 86 valence electrons. The van der Waals surface area contributed by atoms with Gasteiger partial charge in [-0.2, -0.15) is 0 Å². The Balaban J connectivity index is 2.11. The van der Waals surface area contributed by atoms with E-state index in [0.717, 1.165) is 5.56 Å². The van der Waals surface area contributed by atoms with Crippen LogP contribution in [-0.4, -0.2) is 22.2 Å². The quantitative estimate of drug-likeness (QED) is 0.788. The molecule has 0 atom stereocenters. The highest BCUT2D eigenvalue weighted by Gasteiger charge is 2.08. The van der Waals surface area contributed by atoms with Gasteiger partial charge in [0, 0.05) is 6.20 Å². The molecule has 2 rings (SSSR count). The van der Waals surface area contributed by atoms with Crippen molar-refractivity contribution < 1.29 is 9.59 Å². The molecule has 0 aliphatic rings. The fraction of sp³-hybridized carbons (Fsp3) is 0.0833. The van der Waals surface area contributed by atoms with Crippen molar-refractivity contribution in [2.45, 2.75) is 6.92 Å². The SMILES string of the molecule is Cc1ccc(NC(=O)c2ccc(C=O)[nH]2)nc1. The maximum Gasteiger partial charge on any atom is 0.273 e. The molecule has 2 aromatic rings. The molecule has 1 amide bonds. The van der Waals surface area contributed by atoms with Crippen molar-refractivity contribution in [1.82, 2.24) is 9.97 Å². The first-order chi connectivity index (χ1) is 8.19. The molecule has 0 saturated heterocycles. The average molecular weight is 229 g/mol. The van der Waals surface area contributed by atoms with Crippen LogP contribution in [0.25, 0.3) is 0 Å². The van der Waals surface area contributed by atoms with Crippen molar-refractivity contribution in [2.24, 2.45) is 0 Å². The lowest BCUT2D eigenvalue weighted by Crippen LogP contribution is -2.13. The van der Waals surface area contributed by atoms with Gasteiger partial charge in [-0.1, -0.05) is 6.07 Å². The van der Waals surface area contributed by atoms with Gasteiger partial charge in [-0.15, -0.1) is 0 Å². The number of aromatic nitrogens is 2. The zero-order valence-corrected chi connectivity index (χ0v) is 9.23. The minimum atomic E-state index is -0.325. The highest BCUT2D eigenvalue weighted by atomic mass is 16.2. The Bertz CT molecular complexity index is 543. The molecule has 0 aromatic carbocycles. The van der Waals surface area contributed by atoms with Gasteiger partial charge in [0.15, 0.2) is 6.29 Å². The minimum absolute atomic E-state index is 0.325. The van der Waals surface area contributed by atoms with Gasteiger partial charge >= 0.3 is 0 Å². The molecular weight excluding hydrogens is 218 g/mol. The lowest BCUT2D eigenvalue weighted by Gasteiger charge is -2.02. The third-order valence-corrected chi connectivity index (χ3v) is 2.23. The summed E-state index contributed by atoms with van der Waals surface area (Å²) < 4.78 is 0. The monoisotopic (exact) mass is 229 g/mol. The second-order valence-electron chi connectivity index (χ2n) is 3.62. The second kappa shape index (κ2) is 4.61. The summed E-state index contributed by atoms with van der Waals surface area (Å²) >= 11 is 0. The predicted molar refractivity (Wildman–Crippen MR) is 63.1 cm³/mol. The number of carbonyl (C=O) groups excluding carboxylic acids is 2. The lowest BCUT2D eigenvalue weighted by atomic mass is 10.3. The molecule has 5 heteroatoms. The number of carbonyl (C=O) groups is 2. The highest BCUT2D eigenvalue weighted by Crippen LogP contribution is 2.07. The Morgan fingerprint density at radius 3 is 2.76 bits per heavy atom. The van der Waals surface area contributed by atoms with Crippen LogP contribution in [0.2, 0.25) is 0 Å². The van der Waals surface area contributed by atoms with Gasteiger partial charge in [0.1, 0.15) is 11.5 Å². The molecule has 0 radical (unpaired) electrons. The Kier molecular flexibility index (Phi) is 3.00. The number of H-pyrrole nitrogens is 1. The zero-order valence-electron chi connectivity index (χ0n) is 9.23. The molecule has 0 saturated carbocycles. The summed E-state index contributed by atoms with van der Waals surface area (Å²) in [4.78, 5) is 28.9. The van der Waals surface area contributed by atoms with Crippen molar-refractivity contribution in [3.05, 3.63) is 47.4 Å². The van der Waals surface area contributed by atoms with E-state index in [0.29, 0.717) is 23.5 Å². The van der Waals surface area contributed by atoms with Crippen molar-refractivity contribution in [3.8, 4) is 0 Å². The van der Waals surface area contributed by atoms with E-state index < -0.39 is 0 Å². The van der Waals surface area contributed by atoms with Gasteiger partial charge in [-0.05, 0) is 30.7 Å². The summed E-state index contributed by atoms with van der Waals surface area (Å²) in [6, 6.07) is 6.67. The first-order valence-corrected chi connectivity index (χ1v) is 5.07. The Morgan fingerprint density at radius 1 is 1.35 bits per heavy atom. The largest absolute Gasteiger partial charge is 0.348 e. The summed E-state index contributed by atoms with van der Waals surface area (Å²) in [5.74, 6) is 0.150. The Morgan fingerprint density at radius 2 is 2.18 bits per heavy atom. The number of aryl methyl sites for hydroxylation is 1. The number of aldehydes is 1. The van der Waals surface area contributed by atoms with Crippen molar-refractivity contribution in [2.75, 3.05) is 5.32 Å². The van der Waals surface area contributed by atoms with E-state index in [1.54, 1.807) is 24.4 Å². The van der Waals surface area contributed by atoms with Gasteiger partial charge in [-0.25, -0.2) is 4.98 Å². The van der Waals surface area contributed by atoms with Crippen LogP contribution in [0.5, 0.6) is 0 Å². The van der Waals surface area contributed by atoms with Gasteiger partial charge in [-0.3, -0.25) is 9.59 Å². The number of rotatable bonds is 3. The molecule has 0 bridgehead atoms. The average Bonchev–Trinajstić information content (AvgIpc) is 2.81. The van der Waals surface area contributed by atoms with Crippen LogP contribution in [-0.2, 0) is 0 Å². The predicted octanol–water partition coefficient (Wildman–Crippen LogP) is 1.78. The molecular formula is C12H11N3O2. The summed E-state index contributed by atoms with van der Waals surface area (Å²) in [7, 11) is 0. The van der Waals surface area contributed by atoms with Crippen LogP contribution in [0, 0.1) is 6.92 Å². The summed E-state index contributed by atoms with van der Waals surface area (Å²) in [6.07, 6.45) is 2.32. The molecule has 5 nitrogen and oxygen atoms in total. The van der Waals surface area contributed by atoms with E-state index in [4.69, 9.17) is 0 Å². The van der Waals surface area contributed by atoms with Crippen LogP contribution in [0.1, 0.15) is 26.5 Å². The number of nitrogens with zero attached hydrogens (tertiary/aromatic N) is 1. The number of nitrogens with one attached hydrogen (secondary N) is 2. The number of pyridine rings is 1. The third kappa shape index (κ3) is 2.57. The summed E-state index contributed by atoms with van der Waals surface area (Å²) in [6.45, 7) is 1.92. The highest BCUT2D eigenvalue weighted by molar-refractivity contribution is 6.02. The molecule has 0 aliphatic carbocycles. The molecule has 0 aliphatic heterocycles. The number of amides is 1. The van der Waals surface area contributed by atoms with Crippen molar-refractivity contribution in [1.29, 1.82) is 0 Å². The number of hydrogen-bond acceptors (Lipinski definition) is 3. The molecule has 0 unspecified atom stereocenters. The minimum Gasteiger partial charge on any atom is -0.348 e. The summed E-state index contributed by atoms with van der Waals surface area (Å²) in [5, 5.41) is 2.63. The first kappa shape index (κ1) is 11.1. The van der Waals surface area contributed by atoms with E-state index in [1.165, 1.54) is 0 Å². The lowest BCUT2D eigenvalue weighted by molar-refractivity contribution is 0.102. The maximum atomic E-state index is 11.7. The number of anilines is 1. The van der Waals surface area contributed by atoms with Gasteiger partial charge in [0.2, 0.25) is 0 Å².